The van der Waals surface area contributed by atoms with Gasteiger partial charge in [0.1, 0.15) is 11.4 Å². The Morgan fingerprint density at radius 3 is 2.12 bits per heavy atom. The van der Waals surface area contributed by atoms with Crippen LogP contribution in [0.15, 0.2) is 72.4 Å². The monoisotopic (exact) mass is 464 g/mol. The Kier molecular flexibility index (Phi) is 6.24. The fourth-order valence-electron chi connectivity index (χ4n) is 3.66. The number of imide groups is 1. The predicted molar refractivity (Wildman–Crippen MR) is 127 cm³/mol. The molecule has 1 aliphatic heterocycles. The van der Waals surface area contributed by atoms with Gasteiger partial charge in [-0.05, 0) is 30.3 Å². The van der Waals surface area contributed by atoms with Crippen LogP contribution in [0.2, 0.25) is 5.02 Å². The van der Waals surface area contributed by atoms with E-state index in [1.807, 2.05) is 0 Å². The van der Waals surface area contributed by atoms with Crippen LogP contribution in [-0.4, -0.2) is 33.1 Å². The summed E-state index contributed by atoms with van der Waals surface area (Å²) in [6, 6.07) is 18.8. The number of hydrogen-bond acceptors (Lipinski definition) is 6. The number of benzene rings is 3. The normalized spacial score (nSPS) is 13.4. The Morgan fingerprint density at radius 1 is 0.758 bits per heavy atom. The number of carbonyl (C=O) groups is 2. The minimum absolute atomic E-state index is 0.0941. The highest BCUT2D eigenvalue weighted by molar-refractivity contribution is 6.48. The molecular formula is C25H21ClN2O5. The standard InChI is InChI=1S/C25H21ClN2O5/c1-31-19-11-7-4-8-16(19)22-23(27-15-12-13-20(32-2)21(14-15)33-3)25(30)28(24(22)29)18-10-6-5-9-17(18)26/h4-14,27H,1-3H3. The SMILES string of the molecule is COc1ccc(NC2=C(c3ccccc3OC)C(=O)N(c3ccccc3Cl)C2=O)cc1OC. The lowest BCUT2D eigenvalue weighted by atomic mass is 10.0. The van der Waals surface area contributed by atoms with Gasteiger partial charge < -0.3 is 19.5 Å². The third kappa shape index (κ3) is 3.99. The lowest BCUT2D eigenvalue weighted by Crippen LogP contribution is -2.32. The summed E-state index contributed by atoms with van der Waals surface area (Å²) in [7, 11) is 4.56. The van der Waals surface area contributed by atoms with E-state index in [4.69, 9.17) is 25.8 Å². The zero-order valence-corrected chi connectivity index (χ0v) is 19.0. The van der Waals surface area contributed by atoms with Gasteiger partial charge in [-0.2, -0.15) is 0 Å². The van der Waals surface area contributed by atoms with Crippen LogP contribution < -0.4 is 24.4 Å². The molecule has 1 N–H and O–H groups in total. The summed E-state index contributed by atoms with van der Waals surface area (Å²) < 4.78 is 16.1. The second-order valence-corrected chi connectivity index (χ2v) is 7.45. The number of ether oxygens (including phenoxy) is 3. The minimum Gasteiger partial charge on any atom is -0.496 e. The van der Waals surface area contributed by atoms with E-state index in [0.717, 1.165) is 4.90 Å². The van der Waals surface area contributed by atoms with Crippen molar-refractivity contribution in [2.24, 2.45) is 0 Å². The number of anilines is 2. The molecule has 0 unspecified atom stereocenters. The Balaban J connectivity index is 1.87. The molecule has 0 saturated carbocycles. The predicted octanol–water partition coefficient (Wildman–Crippen LogP) is 4.76. The van der Waals surface area contributed by atoms with Crippen LogP contribution >= 0.6 is 11.6 Å². The smallest absolute Gasteiger partial charge is 0.282 e. The molecule has 2 amide bonds. The molecule has 0 aliphatic carbocycles. The molecule has 33 heavy (non-hydrogen) atoms. The lowest BCUT2D eigenvalue weighted by Gasteiger charge is -2.17. The van der Waals surface area contributed by atoms with Crippen LogP contribution in [0.4, 0.5) is 11.4 Å². The van der Waals surface area contributed by atoms with E-state index in [0.29, 0.717) is 34.2 Å². The van der Waals surface area contributed by atoms with Gasteiger partial charge in [-0.3, -0.25) is 9.59 Å². The zero-order chi connectivity index (χ0) is 23.5. The Labute approximate surface area is 196 Å². The molecule has 8 heteroatoms. The van der Waals surface area contributed by atoms with E-state index in [1.165, 1.54) is 21.3 Å². The molecular weight excluding hydrogens is 444 g/mol. The van der Waals surface area contributed by atoms with Gasteiger partial charge >= 0.3 is 0 Å². The van der Waals surface area contributed by atoms with Crippen LogP contribution in [0.5, 0.6) is 17.2 Å². The maximum Gasteiger partial charge on any atom is 0.282 e. The summed E-state index contributed by atoms with van der Waals surface area (Å²) in [6.45, 7) is 0. The lowest BCUT2D eigenvalue weighted by molar-refractivity contribution is -0.120. The Bertz CT molecular complexity index is 1270. The van der Waals surface area contributed by atoms with Crippen molar-refractivity contribution in [3.63, 3.8) is 0 Å². The molecule has 0 spiro atoms. The maximum absolute atomic E-state index is 13.6. The summed E-state index contributed by atoms with van der Waals surface area (Å²) in [5.41, 5.74) is 1.59. The van der Waals surface area contributed by atoms with E-state index in [2.05, 4.69) is 5.32 Å². The maximum atomic E-state index is 13.6. The molecule has 1 heterocycles. The van der Waals surface area contributed by atoms with Crippen LogP contribution in [0.25, 0.3) is 5.57 Å². The summed E-state index contributed by atoms with van der Waals surface area (Å²) >= 11 is 6.33. The van der Waals surface area contributed by atoms with Gasteiger partial charge in [0, 0.05) is 17.3 Å². The number of methoxy groups -OCH3 is 3. The first-order chi connectivity index (χ1) is 16.0. The first-order valence-corrected chi connectivity index (χ1v) is 10.4. The van der Waals surface area contributed by atoms with E-state index in [9.17, 15) is 9.59 Å². The number of para-hydroxylation sites is 2. The molecule has 4 rings (SSSR count). The minimum atomic E-state index is -0.538. The quantitative estimate of drug-likeness (QED) is 0.508. The fourth-order valence-corrected chi connectivity index (χ4v) is 3.88. The third-order valence-corrected chi connectivity index (χ3v) is 5.53. The molecule has 0 fully saturated rings. The molecule has 3 aromatic rings. The number of amides is 2. The highest BCUT2D eigenvalue weighted by atomic mass is 35.5. The molecule has 0 aromatic heterocycles. The topological polar surface area (TPSA) is 77.1 Å². The molecule has 3 aromatic carbocycles. The van der Waals surface area contributed by atoms with Gasteiger partial charge in [-0.25, -0.2) is 4.90 Å². The number of nitrogens with one attached hydrogen (secondary N) is 1. The van der Waals surface area contributed by atoms with Crippen LogP contribution in [0.3, 0.4) is 0 Å². The number of rotatable bonds is 7. The summed E-state index contributed by atoms with van der Waals surface area (Å²) in [5, 5.41) is 3.38. The van der Waals surface area contributed by atoms with E-state index in [1.54, 1.807) is 66.7 Å². The Morgan fingerprint density at radius 2 is 1.42 bits per heavy atom. The molecule has 0 bridgehead atoms. The van der Waals surface area contributed by atoms with Crippen LogP contribution in [0, 0.1) is 0 Å². The number of carbonyl (C=O) groups excluding carboxylic acids is 2. The number of nitrogens with zero attached hydrogens (tertiary/aromatic N) is 1. The van der Waals surface area contributed by atoms with Crippen molar-refractivity contribution in [1.82, 2.24) is 0 Å². The summed E-state index contributed by atoms with van der Waals surface area (Å²) in [4.78, 5) is 28.2. The molecule has 1 aliphatic rings. The van der Waals surface area contributed by atoms with Crippen molar-refractivity contribution in [3.05, 3.63) is 83.0 Å². The van der Waals surface area contributed by atoms with Crippen LogP contribution in [0.1, 0.15) is 5.56 Å². The average Bonchev–Trinajstić information content (AvgIpc) is 3.08. The van der Waals surface area contributed by atoms with E-state index in [-0.39, 0.29) is 16.3 Å². The highest BCUT2D eigenvalue weighted by Gasteiger charge is 2.42. The molecule has 0 saturated heterocycles. The number of hydrogen-bond donors (Lipinski definition) is 1. The molecule has 7 nitrogen and oxygen atoms in total. The zero-order valence-electron chi connectivity index (χ0n) is 18.2. The molecule has 0 atom stereocenters. The van der Waals surface area contributed by atoms with E-state index >= 15 is 0 Å². The van der Waals surface area contributed by atoms with Crippen molar-refractivity contribution >= 4 is 40.4 Å². The van der Waals surface area contributed by atoms with Gasteiger partial charge in [0.25, 0.3) is 11.8 Å². The summed E-state index contributed by atoms with van der Waals surface area (Å²) in [6.07, 6.45) is 0. The molecule has 0 radical (unpaired) electrons. The van der Waals surface area contributed by atoms with Gasteiger partial charge in [-0.1, -0.05) is 41.9 Å². The first kappa shape index (κ1) is 22.2. The second-order valence-electron chi connectivity index (χ2n) is 7.04. The third-order valence-electron chi connectivity index (χ3n) is 5.21. The van der Waals surface area contributed by atoms with E-state index < -0.39 is 11.8 Å². The van der Waals surface area contributed by atoms with Gasteiger partial charge in [0.15, 0.2) is 11.5 Å². The van der Waals surface area contributed by atoms with Crippen molar-refractivity contribution in [2.45, 2.75) is 0 Å². The van der Waals surface area contributed by atoms with Crippen molar-refractivity contribution in [3.8, 4) is 17.2 Å². The largest absolute Gasteiger partial charge is 0.496 e. The first-order valence-electron chi connectivity index (χ1n) is 10.00. The Hall–Kier alpha value is -3.97. The molecule has 168 valence electrons. The van der Waals surface area contributed by atoms with Gasteiger partial charge in [0.05, 0.1) is 37.6 Å². The van der Waals surface area contributed by atoms with Gasteiger partial charge in [0.2, 0.25) is 0 Å². The number of halogens is 1. The highest BCUT2D eigenvalue weighted by Crippen LogP contribution is 2.40. The van der Waals surface area contributed by atoms with Crippen molar-refractivity contribution in [1.29, 1.82) is 0 Å². The average molecular weight is 465 g/mol. The van der Waals surface area contributed by atoms with Crippen molar-refractivity contribution < 1.29 is 23.8 Å². The van der Waals surface area contributed by atoms with Crippen LogP contribution in [-0.2, 0) is 9.59 Å². The van der Waals surface area contributed by atoms with Crippen molar-refractivity contribution in [2.75, 3.05) is 31.5 Å². The summed E-state index contributed by atoms with van der Waals surface area (Å²) in [5.74, 6) is 0.417. The van der Waals surface area contributed by atoms with Gasteiger partial charge in [-0.15, -0.1) is 0 Å². The second kappa shape index (κ2) is 9.26. The fraction of sp³-hybridized carbons (Fsp3) is 0.120.